The minimum absolute atomic E-state index is 0.0995. The number of hydrogen-bond acceptors (Lipinski definition) is 4. The second-order valence-corrected chi connectivity index (χ2v) is 10.4. The van der Waals surface area contributed by atoms with Gasteiger partial charge in [-0.05, 0) is 63.3 Å². The maximum Gasteiger partial charge on any atom is 0.243 e. The molecule has 0 saturated carbocycles. The fourth-order valence-electron chi connectivity index (χ4n) is 4.57. The fourth-order valence-corrected chi connectivity index (χ4v) is 6.04. The number of amides is 1. The van der Waals surface area contributed by atoms with Crippen LogP contribution in [-0.2, 0) is 21.2 Å². The first-order valence-corrected chi connectivity index (χ1v) is 12.2. The maximum absolute atomic E-state index is 13.4. The molecule has 0 N–H and O–H groups in total. The molecule has 0 aliphatic carbocycles. The summed E-state index contributed by atoms with van der Waals surface area (Å²) in [5.41, 5.74) is 2.68. The predicted octanol–water partition coefficient (Wildman–Crippen LogP) is 3.66. The van der Waals surface area contributed by atoms with Crippen molar-refractivity contribution in [2.24, 2.45) is 5.92 Å². The highest BCUT2D eigenvalue weighted by atomic mass is 32.2. The van der Waals surface area contributed by atoms with E-state index in [2.05, 4.69) is 13.0 Å². The lowest BCUT2D eigenvalue weighted by Gasteiger charge is -2.39. The molecular formula is C24H28N2O4S. The zero-order valence-corrected chi connectivity index (χ0v) is 18.8. The van der Waals surface area contributed by atoms with Crippen molar-refractivity contribution >= 4 is 27.4 Å². The molecule has 1 amide bonds. The Morgan fingerprint density at radius 2 is 1.58 bits per heavy atom. The van der Waals surface area contributed by atoms with Crippen molar-refractivity contribution in [1.29, 1.82) is 0 Å². The second kappa shape index (κ2) is 8.55. The maximum atomic E-state index is 13.4. The molecule has 1 atom stereocenters. The van der Waals surface area contributed by atoms with E-state index in [1.807, 2.05) is 23.1 Å². The van der Waals surface area contributed by atoms with Crippen LogP contribution in [0.25, 0.3) is 0 Å². The number of fused-ring (bicyclic) bond motifs is 1. The van der Waals surface area contributed by atoms with Gasteiger partial charge in [0.05, 0.1) is 4.90 Å². The number of piperidine rings is 1. The third-order valence-electron chi connectivity index (χ3n) is 6.46. The predicted molar refractivity (Wildman–Crippen MR) is 120 cm³/mol. The highest BCUT2D eigenvalue weighted by Crippen LogP contribution is 2.34. The lowest BCUT2D eigenvalue weighted by Crippen LogP contribution is -2.48. The van der Waals surface area contributed by atoms with Gasteiger partial charge in [0.2, 0.25) is 15.9 Å². The number of aryl methyl sites for hydroxylation is 1. The van der Waals surface area contributed by atoms with E-state index in [0.717, 1.165) is 18.5 Å². The molecule has 1 saturated heterocycles. The molecule has 7 heteroatoms. The number of benzene rings is 2. The molecule has 2 aliphatic rings. The summed E-state index contributed by atoms with van der Waals surface area (Å²) in [5, 5.41) is 0. The molecule has 2 aromatic rings. The van der Waals surface area contributed by atoms with Crippen molar-refractivity contribution < 1.29 is 18.0 Å². The van der Waals surface area contributed by atoms with Crippen molar-refractivity contribution in [3.63, 3.8) is 0 Å². The van der Waals surface area contributed by atoms with E-state index in [1.54, 1.807) is 12.1 Å². The van der Waals surface area contributed by atoms with Crippen LogP contribution in [-0.4, -0.2) is 43.5 Å². The lowest BCUT2D eigenvalue weighted by molar-refractivity contribution is -0.124. The van der Waals surface area contributed by atoms with Crippen molar-refractivity contribution in [2.75, 3.05) is 18.0 Å². The number of nitrogens with zero attached hydrogens (tertiary/aromatic N) is 2. The van der Waals surface area contributed by atoms with Gasteiger partial charge in [-0.2, -0.15) is 4.31 Å². The number of rotatable bonds is 4. The molecule has 1 fully saturated rings. The minimum Gasteiger partial charge on any atom is -0.309 e. The summed E-state index contributed by atoms with van der Waals surface area (Å²) >= 11 is 0. The van der Waals surface area contributed by atoms with Gasteiger partial charge >= 0.3 is 0 Å². The third-order valence-corrected chi connectivity index (χ3v) is 8.38. The van der Waals surface area contributed by atoms with E-state index in [0.29, 0.717) is 31.5 Å². The smallest absolute Gasteiger partial charge is 0.243 e. The Balaban J connectivity index is 1.46. The normalized spacial score (nSPS) is 20.3. The van der Waals surface area contributed by atoms with Gasteiger partial charge in [0.1, 0.15) is 0 Å². The zero-order chi connectivity index (χ0) is 22.2. The molecule has 164 valence electrons. The molecule has 0 bridgehead atoms. The minimum atomic E-state index is -3.64. The molecule has 2 heterocycles. The molecule has 4 rings (SSSR count). The van der Waals surface area contributed by atoms with Crippen molar-refractivity contribution in [3.8, 4) is 0 Å². The van der Waals surface area contributed by atoms with Crippen LogP contribution in [0.1, 0.15) is 49.0 Å². The van der Waals surface area contributed by atoms with E-state index in [4.69, 9.17) is 0 Å². The Kier molecular flexibility index (Phi) is 5.99. The summed E-state index contributed by atoms with van der Waals surface area (Å²) < 4.78 is 27.5. The van der Waals surface area contributed by atoms with Crippen molar-refractivity contribution in [2.45, 2.75) is 50.5 Å². The summed E-state index contributed by atoms with van der Waals surface area (Å²) in [6.45, 7) is 4.17. The topological polar surface area (TPSA) is 74.8 Å². The van der Waals surface area contributed by atoms with Gasteiger partial charge in [0.25, 0.3) is 0 Å². The first-order chi connectivity index (χ1) is 14.8. The molecule has 2 aliphatic heterocycles. The Hall–Kier alpha value is -2.51. The van der Waals surface area contributed by atoms with Crippen LogP contribution in [0.4, 0.5) is 5.69 Å². The molecule has 2 aromatic carbocycles. The van der Waals surface area contributed by atoms with Crippen molar-refractivity contribution in [3.05, 3.63) is 59.7 Å². The Morgan fingerprint density at radius 3 is 2.23 bits per heavy atom. The first-order valence-electron chi connectivity index (χ1n) is 10.8. The Morgan fingerprint density at radius 1 is 0.935 bits per heavy atom. The van der Waals surface area contributed by atoms with Crippen LogP contribution in [0.5, 0.6) is 0 Å². The second-order valence-electron chi connectivity index (χ2n) is 8.48. The van der Waals surface area contributed by atoms with Gasteiger partial charge in [-0.3, -0.25) is 9.59 Å². The largest absolute Gasteiger partial charge is 0.309 e. The number of Topliss-reactive ketones (excluding diaryl/α,β-unsaturated/α-hetero) is 1. The number of carbonyl (C=O) groups is 2. The van der Waals surface area contributed by atoms with Crippen LogP contribution in [0.2, 0.25) is 0 Å². The molecular weight excluding hydrogens is 412 g/mol. The number of para-hydroxylation sites is 1. The Labute approximate surface area is 183 Å². The summed E-state index contributed by atoms with van der Waals surface area (Å²) in [6, 6.07) is 14.2. The molecule has 0 spiro atoms. The number of sulfonamides is 1. The average Bonchev–Trinajstić information content (AvgIpc) is 2.78. The van der Waals surface area contributed by atoms with Gasteiger partial charge < -0.3 is 4.90 Å². The highest BCUT2D eigenvalue weighted by molar-refractivity contribution is 7.89. The van der Waals surface area contributed by atoms with Crippen molar-refractivity contribution in [1.82, 2.24) is 4.31 Å². The molecule has 0 radical (unpaired) electrons. The van der Waals surface area contributed by atoms with E-state index >= 15 is 0 Å². The van der Waals surface area contributed by atoms with Gasteiger partial charge in [-0.15, -0.1) is 0 Å². The molecule has 31 heavy (non-hydrogen) atoms. The van der Waals surface area contributed by atoms with Crippen LogP contribution in [0.3, 0.4) is 0 Å². The van der Waals surface area contributed by atoms with E-state index in [9.17, 15) is 18.0 Å². The van der Waals surface area contributed by atoms with Gasteiger partial charge in [0.15, 0.2) is 5.78 Å². The average molecular weight is 441 g/mol. The van der Waals surface area contributed by atoms with Crippen LogP contribution >= 0.6 is 0 Å². The quantitative estimate of drug-likeness (QED) is 0.680. The summed E-state index contributed by atoms with van der Waals surface area (Å²) in [5.74, 6) is -0.181. The molecule has 6 nitrogen and oxygen atoms in total. The standard InChI is InChI=1S/C24H28N2O4S/c1-17-7-8-20-5-3-4-6-23(20)26(17)24(28)21-13-15-25(16-14-21)31(29,30)22-11-9-19(10-12-22)18(2)27/h3-6,9-12,17,21H,7-8,13-16H2,1-2H3. The Bertz CT molecular complexity index is 1090. The fraction of sp³-hybridized carbons (Fsp3) is 0.417. The van der Waals surface area contributed by atoms with Crippen LogP contribution in [0.15, 0.2) is 53.4 Å². The van der Waals surface area contributed by atoms with E-state index < -0.39 is 10.0 Å². The highest BCUT2D eigenvalue weighted by Gasteiger charge is 2.37. The lowest BCUT2D eigenvalue weighted by atomic mass is 9.91. The summed E-state index contributed by atoms with van der Waals surface area (Å²) in [4.78, 5) is 26.9. The summed E-state index contributed by atoms with van der Waals surface area (Å²) in [6.07, 6.45) is 2.93. The third kappa shape index (κ3) is 4.16. The number of anilines is 1. The van der Waals surface area contributed by atoms with Gasteiger partial charge in [0, 0.05) is 36.3 Å². The zero-order valence-electron chi connectivity index (χ0n) is 18.0. The monoisotopic (exact) mass is 440 g/mol. The van der Waals surface area contributed by atoms with E-state index in [-0.39, 0.29) is 28.5 Å². The van der Waals surface area contributed by atoms with Gasteiger partial charge in [-0.1, -0.05) is 30.3 Å². The number of carbonyl (C=O) groups excluding carboxylic acids is 2. The number of ketones is 1. The first kappa shape index (κ1) is 21.7. The molecule has 1 unspecified atom stereocenters. The number of hydrogen-bond donors (Lipinski definition) is 0. The SMILES string of the molecule is CC(=O)c1ccc(S(=O)(=O)N2CCC(C(=O)N3c4ccccc4CCC3C)CC2)cc1. The van der Waals surface area contributed by atoms with Crippen LogP contribution < -0.4 is 4.90 Å². The van der Waals surface area contributed by atoms with Crippen LogP contribution in [0, 0.1) is 5.92 Å². The van der Waals surface area contributed by atoms with Gasteiger partial charge in [-0.25, -0.2) is 8.42 Å². The summed E-state index contributed by atoms with van der Waals surface area (Å²) in [7, 11) is -3.64. The van der Waals surface area contributed by atoms with E-state index in [1.165, 1.54) is 28.9 Å². The molecule has 0 aromatic heterocycles.